The highest BCUT2D eigenvalue weighted by molar-refractivity contribution is 5.23. The van der Waals surface area contributed by atoms with E-state index >= 15 is 0 Å². The molecule has 0 bridgehead atoms. The maximum absolute atomic E-state index is 5.14. The van der Waals surface area contributed by atoms with Crippen molar-refractivity contribution in [3.63, 3.8) is 0 Å². The minimum Gasteiger partial charge on any atom is -0.472 e. The van der Waals surface area contributed by atoms with Gasteiger partial charge < -0.3 is 9.73 Å². The maximum Gasteiger partial charge on any atom is 0.0935 e. The van der Waals surface area contributed by atoms with E-state index in [9.17, 15) is 0 Å². The highest BCUT2D eigenvalue weighted by Crippen LogP contribution is 2.21. The van der Waals surface area contributed by atoms with Gasteiger partial charge in [-0.3, -0.25) is 4.68 Å². The molecule has 1 atom stereocenters. The van der Waals surface area contributed by atoms with E-state index < -0.39 is 0 Å². The Morgan fingerprint density at radius 2 is 2.33 bits per heavy atom. The summed E-state index contributed by atoms with van der Waals surface area (Å²) in [4.78, 5) is 0. The van der Waals surface area contributed by atoms with Crippen LogP contribution in [-0.4, -0.2) is 16.3 Å². The number of hydrogen-bond acceptors (Lipinski definition) is 3. The van der Waals surface area contributed by atoms with Crippen molar-refractivity contribution in [3.8, 4) is 0 Å². The van der Waals surface area contributed by atoms with Gasteiger partial charge in [-0.25, -0.2) is 0 Å². The second kappa shape index (κ2) is 5.87. The van der Waals surface area contributed by atoms with Gasteiger partial charge in [-0.2, -0.15) is 5.10 Å². The molecule has 0 fully saturated rings. The van der Waals surface area contributed by atoms with E-state index in [1.165, 1.54) is 16.8 Å². The number of hydrogen-bond donors (Lipinski definition) is 1. The Hall–Kier alpha value is -1.55. The standard InChI is InChI=1S/C14H21N3O/c1-4-6-15-14(8-12-5-7-18-10-12)13-9-16-17(3)11(13)2/h5,7,9-10,14-15H,4,6,8H2,1-3H3. The van der Waals surface area contributed by atoms with Crippen LogP contribution in [0.25, 0.3) is 0 Å². The van der Waals surface area contributed by atoms with Crippen LogP contribution < -0.4 is 5.32 Å². The molecule has 0 aliphatic rings. The van der Waals surface area contributed by atoms with E-state index in [0.717, 1.165) is 19.4 Å². The number of aromatic nitrogens is 2. The van der Waals surface area contributed by atoms with Crippen LogP contribution in [0.2, 0.25) is 0 Å². The smallest absolute Gasteiger partial charge is 0.0935 e. The minimum atomic E-state index is 0.302. The van der Waals surface area contributed by atoms with Crippen LogP contribution in [0, 0.1) is 6.92 Å². The van der Waals surface area contributed by atoms with Gasteiger partial charge in [0.15, 0.2) is 0 Å². The third-order valence-electron chi connectivity index (χ3n) is 3.31. The monoisotopic (exact) mass is 247 g/mol. The summed E-state index contributed by atoms with van der Waals surface area (Å²) in [5, 5.41) is 7.91. The second-order valence-electron chi connectivity index (χ2n) is 4.65. The molecule has 0 saturated heterocycles. The number of nitrogens with one attached hydrogen (secondary N) is 1. The van der Waals surface area contributed by atoms with Crippen LogP contribution in [0.3, 0.4) is 0 Å². The van der Waals surface area contributed by atoms with E-state index in [1.807, 2.05) is 30.3 Å². The molecule has 0 radical (unpaired) electrons. The number of furan rings is 1. The summed E-state index contributed by atoms with van der Waals surface area (Å²) in [5.74, 6) is 0. The first-order chi connectivity index (χ1) is 8.72. The summed E-state index contributed by atoms with van der Waals surface area (Å²) in [6, 6.07) is 2.32. The first-order valence-corrected chi connectivity index (χ1v) is 6.45. The maximum atomic E-state index is 5.14. The topological polar surface area (TPSA) is 43.0 Å². The lowest BCUT2D eigenvalue weighted by Gasteiger charge is -2.17. The van der Waals surface area contributed by atoms with Crippen molar-refractivity contribution in [2.75, 3.05) is 6.54 Å². The Labute approximate surface area is 108 Å². The van der Waals surface area contributed by atoms with Crippen LogP contribution in [0.15, 0.2) is 29.2 Å². The Morgan fingerprint density at radius 1 is 1.50 bits per heavy atom. The summed E-state index contributed by atoms with van der Waals surface area (Å²) in [7, 11) is 1.98. The molecule has 2 aromatic rings. The average Bonchev–Trinajstić information content (AvgIpc) is 2.97. The Bertz CT molecular complexity index is 473. The van der Waals surface area contributed by atoms with E-state index in [4.69, 9.17) is 4.42 Å². The molecule has 4 heteroatoms. The van der Waals surface area contributed by atoms with Gasteiger partial charge in [-0.05, 0) is 37.9 Å². The van der Waals surface area contributed by atoms with E-state index in [0.29, 0.717) is 6.04 Å². The summed E-state index contributed by atoms with van der Waals surface area (Å²) in [6.07, 6.45) is 7.56. The molecular formula is C14H21N3O. The molecule has 2 aromatic heterocycles. The van der Waals surface area contributed by atoms with Crippen molar-refractivity contribution in [1.29, 1.82) is 0 Å². The van der Waals surface area contributed by atoms with Gasteiger partial charge in [0.2, 0.25) is 0 Å². The molecule has 0 saturated carbocycles. The Morgan fingerprint density at radius 3 is 2.89 bits per heavy atom. The van der Waals surface area contributed by atoms with Gasteiger partial charge in [0.1, 0.15) is 0 Å². The lowest BCUT2D eigenvalue weighted by Crippen LogP contribution is -2.24. The number of rotatable bonds is 6. The Balaban J connectivity index is 2.16. The van der Waals surface area contributed by atoms with Crippen molar-refractivity contribution >= 4 is 0 Å². The normalized spacial score (nSPS) is 12.8. The van der Waals surface area contributed by atoms with E-state index in [2.05, 4.69) is 24.3 Å². The molecule has 0 aliphatic carbocycles. The predicted octanol–water partition coefficient (Wildman–Crippen LogP) is 2.60. The van der Waals surface area contributed by atoms with Gasteiger partial charge >= 0.3 is 0 Å². The summed E-state index contributed by atoms with van der Waals surface area (Å²) in [6.45, 7) is 5.30. The fourth-order valence-corrected chi connectivity index (χ4v) is 2.11. The summed E-state index contributed by atoms with van der Waals surface area (Å²) in [5.41, 5.74) is 3.70. The molecule has 0 spiro atoms. The Kier molecular flexibility index (Phi) is 4.20. The molecule has 2 rings (SSSR count). The van der Waals surface area contributed by atoms with Crippen LogP contribution in [-0.2, 0) is 13.5 Å². The molecule has 1 unspecified atom stereocenters. The fourth-order valence-electron chi connectivity index (χ4n) is 2.11. The molecule has 0 aromatic carbocycles. The first kappa shape index (κ1) is 12.9. The zero-order valence-electron chi connectivity index (χ0n) is 11.3. The van der Waals surface area contributed by atoms with Crippen molar-refractivity contribution in [2.45, 2.75) is 32.7 Å². The third-order valence-corrected chi connectivity index (χ3v) is 3.31. The van der Waals surface area contributed by atoms with Gasteiger partial charge in [-0.1, -0.05) is 6.92 Å². The van der Waals surface area contributed by atoms with E-state index in [-0.39, 0.29) is 0 Å². The second-order valence-corrected chi connectivity index (χ2v) is 4.65. The quantitative estimate of drug-likeness (QED) is 0.853. The summed E-state index contributed by atoms with van der Waals surface area (Å²) < 4.78 is 7.06. The number of aryl methyl sites for hydroxylation is 1. The third kappa shape index (κ3) is 2.82. The van der Waals surface area contributed by atoms with Gasteiger partial charge in [0.05, 0.1) is 18.7 Å². The average molecular weight is 247 g/mol. The molecule has 0 aliphatic heterocycles. The molecule has 98 valence electrons. The van der Waals surface area contributed by atoms with Crippen molar-refractivity contribution in [1.82, 2.24) is 15.1 Å². The van der Waals surface area contributed by atoms with Gasteiger partial charge in [-0.15, -0.1) is 0 Å². The van der Waals surface area contributed by atoms with Crippen molar-refractivity contribution < 1.29 is 4.42 Å². The molecule has 0 amide bonds. The molecular weight excluding hydrogens is 226 g/mol. The fraction of sp³-hybridized carbons (Fsp3) is 0.500. The highest BCUT2D eigenvalue weighted by Gasteiger charge is 2.17. The van der Waals surface area contributed by atoms with Crippen LogP contribution in [0.5, 0.6) is 0 Å². The highest BCUT2D eigenvalue weighted by atomic mass is 16.3. The predicted molar refractivity (Wildman–Crippen MR) is 71.4 cm³/mol. The molecule has 2 heterocycles. The lowest BCUT2D eigenvalue weighted by atomic mass is 10.0. The number of nitrogens with zero attached hydrogens (tertiary/aromatic N) is 2. The van der Waals surface area contributed by atoms with Crippen LogP contribution in [0.4, 0.5) is 0 Å². The first-order valence-electron chi connectivity index (χ1n) is 6.45. The van der Waals surface area contributed by atoms with Gasteiger partial charge in [0, 0.05) is 24.3 Å². The zero-order chi connectivity index (χ0) is 13.0. The van der Waals surface area contributed by atoms with E-state index in [1.54, 1.807) is 6.26 Å². The lowest BCUT2D eigenvalue weighted by molar-refractivity contribution is 0.518. The minimum absolute atomic E-state index is 0.302. The SMILES string of the molecule is CCCNC(Cc1ccoc1)c1cnn(C)c1C. The zero-order valence-corrected chi connectivity index (χ0v) is 11.3. The molecule has 4 nitrogen and oxygen atoms in total. The largest absolute Gasteiger partial charge is 0.472 e. The van der Waals surface area contributed by atoms with Crippen LogP contribution in [0.1, 0.15) is 36.2 Å². The van der Waals surface area contributed by atoms with Crippen molar-refractivity contribution in [2.24, 2.45) is 7.05 Å². The van der Waals surface area contributed by atoms with Crippen molar-refractivity contribution in [3.05, 3.63) is 41.6 Å². The molecule has 1 N–H and O–H groups in total. The van der Waals surface area contributed by atoms with Gasteiger partial charge in [0.25, 0.3) is 0 Å². The molecule has 18 heavy (non-hydrogen) atoms. The van der Waals surface area contributed by atoms with Crippen LogP contribution >= 0.6 is 0 Å². The summed E-state index contributed by atoms with van der Waals surface area (Å²) >= 11 is 0.